The predicted octanol–water partition coefficient (Wildman–Crippen LogP) is 9.35. The standard InChI is InChI=1S/C32H52O/c1-23(2)10-7-12-26(13-8-11-24(3)4)30-19-20-31-27(14-9-21-32(30,31)6)16-17-28-22-29(33)18-15-25(28)5/h10,16-17,24,26,29-31,33H,5,7-9,11-15,18-22H2,1-4,6H3/b27-16+,28-17+/t26-,29+,30-,31+,32-/m1/s1. The lowest BCUT2D eigenvalue weighted by molar-refractivity contribution is 0.0824. The molecule has 0 unspecified atom stereocenters. The molecule has 0 heterocycles. The van der Waals surface area contributed by atoms with Crippen LogP contribution in [0.25, 0.3) is 0 Å². The van der Waals surface area contributed by atoms with Crippen molar-refractivity contribution in [3.63, 3.8) is 0 Å². The van der Waals surface area contributed by atoms with Crippen molar-refractivity contribution in [2.75, 3.05) is 0 Å². The summed E-state index contributed by atoms with van der Waals surface area (Å²) in [6.45, 7) is 16.2. The molecule has 0 radical (unpaired) electrons. The summed E-state index contributed by atoms with van der Waals surface area (Å²) in [4.78, 5) is 0. The highest BCUT2D eigenvalue weighted by atomic mass is 16.3. The van der Waals surface area contributed by atoms with Crippen LogP contribution < -0.4 is 0 Å². The second-order valence-corrected chi connectivity index (χ2v) is 12.5. The molecule has 3 saturated carbocycles. The average Bonchev–Trinajstić information content (AvgIpc) is 3.10. The van der Waals surface area contributed by atoms with Crippen molar-refractivity contribution in [2.24, 2.45) is 29.1 Å². The van der Waals surface area contributed by atoms with E-state index in [0.717, 1.165) is 42.9 Å². The van der Waals surface area contributed by atoms with Crippen molar-refractivity contribution in [1.82, 2.24) is 0 Å². The van der Waals surface area contributed by atoms with Crippen molar-refractivity contribution in [1.29, 1.82) is 0 Å². The summed E-state index contributed by atoms with van der Waals surface area (Å²) in [7, 11) is 0. The first-order valence-electron chi connectivity index (χ1n) is 14.1. The van der Waals surface area contributed by atoms with Crippen LogP contribution in [0.2, 0.25) is 0 Å². The Morgan fingerprint density at radius 2 is 1.88 bits per heavy atom. The maximum absolute atomic E-state index is 10.1. The quantitative estimate of drug-likeness (QED) is 0.345. The van der Waals surface area contributed by atoms with E-state index in [1.807, 2.05) is 0 Å². The van der Waals surface area contributed by atoms with Gasteiger partial charge in [0.25, 0.3) is 0 Å². The molecule has 0 aliphatic heterocycles. The van der Waals surface area contributed by atoms with E-state index in [1.54, 1.807) is 5.57 Å². The van der Waals surface area contributed by atoms with Gasteiger partial charge in [-0.1, -0.05) is 81.6 Å². The molecule has 5 atom stereocenters. The Morgan fingerprint density at radius 1 is 1.09 bits per heavy atom. The van der Waals surface area contributed by atoms with Crippen LogP contribution in [0.1, 0.15) is 118 Å². The van der Waals surface area contributed by atoms with Gasteiger partial charge in [-0.05, 0) is 113 Å². The fourth-order valence-electron chi connectivity index (χ4n) is 7.37. The van der Waals surface area contributed by atoms with Crippen LogP contribution in [-0.2, 0) is 0 Å². The van der Waals surface area contributed by atoms with Crippen LogP contribution in [0.5, 0.6) is 0 Å². The molecule has 0 aromatic rings. The van der Waals surface area contributed by atoms with Gasteiger partial charge in [0.15, 0.2) is 0 Å². The van der Waals surface area contributed by atoms with Crippen LogP contribution in [0.4, 0.5) is 0 Å². The molecule has 33 heavy (non-hydrogen) atoms. The summed E-state index contributed by atoms with van der Waals surface area (Å²) in [5.41, 5.74) is 6.16. The summed E-state index contributed by atoms with van der Waals surface area (Å²) < 4.78 is 0. The third-order valence-electron chi connectivity index (χ3n) is 9.24. The minimum atomic E-state index is -0.181. The Hall–Kier alpha value is -1.08. The number of aliphatic hydroxyl groups is 1. The first kappa shape index (κ1) is 26.5. The molecule has 1 N–H and O–H groups in total. The molecular weight excluding hydrogens is 400 g/mol. The topological polar surface area (TPSA) is 20.2 Å². The van der Waals surface area contributed by atoms with E-state index in [9.17, 15) is 5.11 Å². The second-order valence-electron chi connectivity index (χ2n) is 12.5. The molecule has 186 valence electrons. The lowest BCUT2D eigenvalue weighted by Gasteiger charge is -2.45. The van der Waals surface area contributed by atoms with Crippen LogP contribution >= 0.6 is 0 Å². The Bertz CT molecular complexity index is 746. The summed E-state index contributed by atoms with van der Waals surface area (Å²) in [5.74, 6) is 3.33. The molecule has 0 aromatic heterocycles. The SMILES string of the molecule is C=C1CC[C@H](O)C/C1=C\C=C1/CCC[C@]2(C)[C@@H]([C@H](CCC=C(C)C)CCCC(C)C)CC[C@@H]12. The normalized spacial score (nSPS) is 33.5. The molecule has 1 nitrogen and oxygen atoms in total. The van der Waals surface area contributed by atoms with Crippen molar-refractivity contribution in [2.45, 2.75) is 124 Å². The first-order chi connectivity index (χ1) is 15.7. The zero-order chi connectivity index (χ0) is 24.0. The maximum atomic E-state index is 10.1. The Kier molecular flexibility index (Phi) is 9.69. The zero-order valence-electron chi connectivity index (χ0n) is 22.5. The van der Waals surface area contributed by atoms with Gasteiger partial charge in [0.05, 0.1) is 6.10 Å². The third-order valence-corrected chi connectivity index (χ3v) is 9.24. The van der Waals surface area contributed by atoms with Crippen LogP contribution in [0.3, 0.4) is 0 Å². The molecule has 0 aromatic carbocycles. The van der Waals surface area contributed by atoms with Gasteiger partial charge in [-0.15, -0.1) is 0 Å². The van der Waals surface area contributed by atoms with Gasteiger partial charge in [-0.2, -0.15) is 0 Å². The molecule has 3 fully saturated rings. The van der Waals surface area contributed by atoms with Gasteiger partial charge < -0.3 is 5.11 Å². The Morgan fingerprint density at radius 3 is 2.61 bits per heavy atom. The van der Waals surface area contributed by atoms with Crippen molar-refractivity contribution in [3.8, 4) is 0 Å². The Labute approximate surface area is 205 Å². The number of aliphatic hydroxyl groups excluding tert-OH is 1. The van der Waals surface area contributed by atoms with Gasteiger partial charge in [0.1, 0.15) is 0 Å². The van der Waals surface area contributed by atoms with E-state index in [-0.39, 0.29) is 6.10 Å². The second kappa shape index (κ2) is 12.1. The molecule has 0 saturated heterocycles. The molecule has 1 heteroatoms. The smallest absolute Gasteiger partial charge is 0.0583 e. The fraction of sp³-hybridized carbons (Fsp3) is 0.750. The molecule has 3 aliphatic carbocycles. The molecule has 3 aliphatic rings. The van der Waals surface area contributed by atoms with Gasteiger partial charge in [0.2, 0.25) is 0 Å². The molecule has 0 amide bonds. The van der Waals surface area contributed by atoms with Gasteiger partial charge in [-0.25, -0.2) is 0 Å². The third kappa shape index (κ3) is 6.97. The lowest BCUT2D eigenvalue weighted by atomic mass is 9.60. The minimum Gasteiger partial charge on any atom is -0.393 e. The summed E-state index contributed by atoms with van der Waals surface area (Å²) >= 11 is 0. The summed E-state index contributed by atoms with van der Waals surface area (Å²) in [5, 5.41) is 10.1. The summed E-state index contributed by atoms with van der Waals surface area (Å²) in [6, 6.07) is 0. The lowest BCUT2D eigenvalue weighted by Crippen LogP contribution is -2.36. The fourth-order valence-corrected chi connectivity index (χ4v) is 7.37. The zero-order valence-corrected chi connectivity index (χ0v) is 22.5. The predicted molar refractivity (Wildman–Crippen MR) is 144 cm³/mol. The van der Waals surface area contributed by atoms with E-state index in [2.05, 4.69) is 59.4 Å². The maximum Gasteiger partial charge on any atom is 0.0583 e. The molecular formula is C32H52O. The van der Waals surface area contributed by atoms with Gasteiger partial charge in [-0.3, -0.25) is 0 Å². The van der Waals surface area contributed by atoms with Crippen molar-refractivity contribution in [3.05, 3.63) is 47.1 Å². The van der Waals surface area contributed by atoms with Crippen molar-refractivity contribution >= 4 is 0 Å². The monoisotopic (exact) mass is 452 g/mol. The molecule has 0 bridgehead atoms. The van der Waals surface area contributed by atoms with E-state index in [1.165, 1.54) is 80.9 Å². The van der Waals surface area contributed by atoms with Crippen molar-refractivity contribution < 1.29 is 5.11 Å². The highest BCUT2D eigenvalue weighted by Crippen LogP contribution is 2.60. The average molecular weight is 453 g/mol. The van der Waals surface area contributed by atoms with Gasteiger partial charge >= 0.3 is 0 Å². The van der Waals surface area contributed by atoms with E-state index in [0.29, 0.717) is 5.41 Å². The number of hydrogen-bond donors (Lipinski definition) is 1. The highest BCUT2D eigenvalue weighted by molar-refractivity contribution is 5.36. The van der Waals surface area contributed by atoms with Gasteiger partial charge in [0, 0.05) is 0 Å². The number of allylic oxidation sites excluding steroid dienone is 6. The largest absolute Gasteiger partial charge is 0.393 e. The van der Waals surface area contributed by atoms with E-state index < -0.39 is 0 Å². The van der Waals surface area contributed by atoms with E-state index in [4.69, 9.17) is 0 Å². The van der Waals surface area contributed by atoms with Crippen LogP contribution in [-0.4, -0.2) is 11.2 Å². The van der Waals surface area contributed by atoms with E-state index >= 15 is 0 Å². The number of rotatable bonds is 9. The minimum absolute atomic E-state index is 0.181. The first-order valence-corrected chi connectivity index (χ1v) is 14.1. The highest BCUT2D eigenvalue weighted by Gasteiger charge is 2.51. The molecule has 3 rings (SSSR count). The number of hydrogen-bond acceptors (Lipinski definition) is 1. The summed E-state index contributed by atoms with van der Waals surface area (Å²) in [6.07, 6.45) is 23.3. The van der Waals surface area contributed by atoms with Crippen LogP contribution in [0, 0.1) is 29.1 Å². The Balaban J connectivity index is 1.76. The molecule has 0 spiro atoms. The number of fused-ring (bicyclic) bond motifs is 1. The van der Waals surface area contributed by atoms with Crippen LogP contribution in [0.15, 0.2) is 47.1 Å².